The molecule has 2 nitrogen and oxygen atoms in total. The van der Waals surface area contributed by atoms with E-state index in [4.69, 9.17) is 0 Å². The van der Waals surface area contributed by atoms with E-state index in [9.17, 15) is 0 Å². The van der Waals surface area contributed by atoms with Crippen molar-refractivity contribution >= 4 is 11.3 Å². The highest BCUT2D eigenvalue weighted by Crippen LogP contribution is 2.22. The van der Waals surface area contributed by atoms with Gasteiger partial charge in [-0.3, -0.25) is 4.90 Å². The Labute approximate surface area is 115 Å². The van der Waals surface area contributed by atoms with Gasteiger partial charge < -0.3 is 5.32 Å². The molecule has 3 heteroatoms. The summed E-state index contributed by atoms with van der Waals surface area (Å²) in [7, 11) is 0. The SMILES string of the molecule is CCc1ccsc1CN1CCCNC(C)(CC)C1. The van der Waals surface area contributed by atoms with E-state index >= 15 is 0 Å². The predicted octanol–water partition coefficient (Wildman–Crippen LogP) is 3.27. The van der Waals surface area contributed by atoms with Crippen molar-refractivity contribution in [2.45, 2.75) is 52.1 Å². The molecule has 1 N–H and O–H groups in total. The minimum Gasteiger partial charge on any atom is -0.310 e. The maximum absolute atomic E-state index is 3.71. The zero-order chi connectivity index (χ0) is 13.0. The predicted molar refractivity (Wildman–Crippen MR) is 80.3 cm³/mol. The lowest BCUT2D eigenvalue weighted by Crippen LogP contribution is -2.48. The largest absolute Gasteiger partial charge is 0.310 e. The monoisotopic (exact) mass is 266 g/mol. The molecule has 1 unspecified atom stereocenters. The van der Waals surface area contributed by atoms with Crippen LogP contribution < -0.4 is 5.32 Å². The normalized spacial score (nSPS) is 26.2. The first-order valence-electron chi connectivity index (χ1n) is 7.19. The fourth-order valence-electron chi connectivity index (χ4n) is 2.72. The standard InChI is InChI=1S/C15H26N2S/c1-4-13-7-10-18-14(13)11-17-9-6-8-16-15(3,5-2)12-17/h7,10,16H,4-6,8-9,11-12H2,1-3H3. The van der Waals surface area contributed by atoms with E-state index in [2.05, 4.69) is 42.4 Å². The van der Waals surface area contributed by atoms with Gasteiger partial charge in [-0.25, -0.2) is 0 Å². The summed E-state index contributed by atoms with van der Waals surface area (Å²) in [5.41, 5.74) is 1.83. The van der Waals surface area contributed by atoms with Crippen molar-refractivity contribution in [2.75, 3.05) is 19.6 Å². The van der Waals surface area contributed by atoms with Gasteiger partial charge in [0, 0.05) is 23.5 Å². The van der Waals surface area contributed by atoms with E-state index in [1.165, 1.54) is 31.5 Å². The van der Waals surface area contributed by atoms with E-state index in [0.717, 1.165) is 19.5 Å². The maximum Gasteiger partial charge on any atom is 0.0331 e. The summed E-state index contributed by atoms with van der Waals surface area (Å²) < 4.78 is 0. The van der Waals surface area contributed by atoms with E-state index in [-0.39, 0.29) is 0 Å². The van der Waals surface area contributed by atoms with Crippen LogP contribution in [0.5, 0.6) is 0 Å². The molecule has 1 aliphatic heterocycles. The first kappa shape index (κ1) is 14.0. The minimum absolute atomic E-state index is 0.292. The third-order valence-corrected chi connectivity index (χ3v) is 5.09. The van der Waals surface area contributed by atoms with Crippen molar-refractivity contribution < 1.29 is 0 Å². The van der Waals surface area contributed by atoms with Gasteiger partial charge in [0.1, 0.15) is 0 Å². The van der Waals surface area contributed by atoms with Gasteiger partial charge in [-0.15, -0.1) is 11.3 Å². The molecule has 0 aromatic carbocycles. The second-order valence-corrected chi connectivity index (χ2v) is 6.63. The summed E-state index contributed by atoms with van der Waals surface area (Å²) in [4.78, 5) is 4.20. The molecule has 1 aliphatic rings. The summed E-state index contributed by atoms with van der Waals surface area (Å²) in [5, 5.41) is 5.95. The van der Waals surface area contributed by atoms with Crippen LogP contribution in [0.3, 0.4) is 0 Å². The van der Waals surface area contributed by atoms with Crippen LogP contribution in [0.1, 0.15) is 44.1 Å². The van der Waals surface area contributed by atoms with Crippen molar-refractivity contribution in [3.63, 3.8) is 0 Å². The highest BCUT2D eigenvalue weighted by atomic mass is 32.1. The van der Waals surface area contributed by atoms with Crippen molar-refractivity contribution in [2.24, 2.45) is 0 Å². The zero-order valence-electron chi connectivity index (χ0n) is 12.0. The third kappa shape index (κ3) is 3.34. The van der Waals surface area contributed by atoms with E-state index < -0.39 is 0 Å². The first-order chi connectivity index (χ1) is 8.67. The Balaban J connectivity index is 2.03. The number of hydrogen-bond donors (Lipinski definition) is 1. The number of nitrogens with zero attached hydrogens (tertiary/aromatic N) is 1. The molecule has 2 rings (SSSR count). The molecule has 18 heavy (non-hydrogen) atoms. The van der Waals surface area contributed by atoms with E-state index in [0.29, 0.717) is 5.54 Å². The molecule has 0 amide bonds. The van der Waals surface area contributed by atoms with Crippen molar-refractivity contribution in [1.82, 2.24) is 10.2 Å². The molecule has 0 spiro atoms. The Morgan fingerprint density at radius 1 is 1.44 bits per heavy atom. The van der Waals surface area contributed by atoms with Crippen LogP contribution in [0.4, 0.5) is 0 Å². The molecule has 1 atom stereocenters. The van der Waals surface area contributed by atoms with Gasteiger partial charge in [-0.05, 0) is 56.3 Å². The van der Waals surface area contributed by atoms with Crippen LogP contribution in [0, 0.1) is 0 Å². The van der Waals surface area contributed by atoms with Gasteiger partial charge in [0.25, 0.3) is 0 Å². The molecule has 0 saturated carbocycles. The molecular formula is C15H26N2S. The second kappa shape index (κ2) is 6.18. The lowest BCUT2D eigenvalue weighted by molar-refractivity contribution is 0.209. The highest BCUT2D eigenvalue weighted by molar-refractivity contribution is 7.10. The highest BCUT2D eigenvalue weighted by Gasteiger charge is 2.27. The van der Waals surface area contributed by atoms with Gasteiger partial charge in [0.15, 0.2) is 0 Å². The Morgan fingerprint density at radius 2 is 2.28 bits per heavy atom. The molecule has 1 aromatic rings. The smallest absolute Gasteiger partial charge is 0.0331 e. The van der Waals surface area contributed by atoms with Crippen LogP contribution in [0.2, 0.25) is 0 Å². The Morgan fingerprint density at radius 3 is 3.00 bits per heavy atom. The quantitative estimate of drug-likeness (QED) is 0.900. The fraction of sp³-hybridized carbons (Fsp3) is 0.733. The van der Waals surface area contributed by atoms with E-state index in [1.54, 1.807) is 4.88 Å². The summed E-state index contributed by atoms with van der Waals surface area (Å²) in [5.74, 6) is 0. The lowest BCUT2D eigenvalue weighted by atomic mass is 9.98. The Bertz CT molecular complexity index is 374. The summed E-state index contributed by atoms with van der Waals surface area (Å²) in [6.07, 6.45) is 3.63. The second-order valence-electron chi connectivity index (χ2n) is 5.63. The summed E-state index contributed by atoms with van der Waals surface area (Å²) >= 11 is 1.92. The number of aryl methyl sites for hydroxylation is 1. The summed E-state index contributed by atoms with van der Waals surface area (Å²) in [6.45, 7) is 11.6. The zero-order valence-corrected chi connectivity index (χ0v) is 12.8. The summed E-state index contributed by atoms with van der Waals surface area (Å²) in [6, 6.07) is 2.29. The fourth-order valence-corrected chi connectivity index (χ4v) is 3.73. The van der Waals surface area contributed by atoms with Crippen molar-refractivity contribution in [3.05, 3.63) is 21.9 Å². The molecule has 102 valence electrons. The molecule has 1 aromatic heterocycles. The number of thiophene rings is 1. The molecule has 1 saturated heterocycles. The van der Waals surface area contributed by atoms with Crippen LogP contribution >= 0.6 is 11.3 Å². The third-order valence-electron chi connectivity index (χ3n) is 4.14. The topological polar surface area (TPSA) is 15.3 Å². The number of rotatable bonds is 4. The molecule has 0 aliphatic carbocycles. The van der Waals surface area contributed by atoms with Crippen LogP contribution in [-0.2, 0) is 13.0 Å². The average Bonchev–Trinajstić information content (AvgIpc) is 2.72. The molecule has 2 heterocycles. The molecule has 1 fully saturated rings. The van der Waals surface area contributed by atoms with Crippen LogP contribution in [0.25, 0.3) is 0 Å². The van der Waals surface area contributed by atoms with Crippen molar-refractivity contribution in [1.29, 1.82) is 0 Å². The van der Waals surface area contributed by atoms with E-state index in [1.807, 2.05) is 11.3 Å². The minimum atomic E-state index is 0.292. The lowest BCUT2D eigenvalue weighted by Gasteiger charge is -2.32. The van der Waals surface area contributed by atoms with Gasteiger partial charge in [0.05, 0.1) is 0 Å². The first-order valence-corrected chi connectivity index (χ1v) is 8.07. The van der Waals surface area contributed by atoms with Gasteiger partial charge in [-0.1, -0.05) is 13.8 Å². The number of nitrogens with one attached hydrogen (secondary N) is 1. The maximum atomic E-state index is 3.71. The molecule has 0 bridgehead atoms. The molecule has 0 radical (unpaired) electrons. The van der Waals surface area contributed by atoms with Crippen LogP contribution in [-0.4, -0.2) is 30.1 Å². The Kier molecular flexibility index (Phi) is 4.82. The van der Waals surface area contributed by atoms with Crippen LogP contribution in [0.15, 0.2) is 11.4 Å². The van der Waals surface area contributed by atoms with Crippen molar-refractivity contribution in [3.8, 4) is 0 Å². The molecular weight excluding hydrogens is 240 g/mol. The van der Waals surface area contributed by atoms with Gasteiger partial charge >= 0.3 is 0 Å². The average molecular weight is 266 g/mol. The van der Waals surface area contributed by atoms with Gasteiger partial charge in [0.2, 0.25) is 0 Å². The van der Waals surface area contributed by atoms with Gasteiger partial charge in [-0.2, -0.15) is 0 Å². The number of hydrogen-bond acceptors (Lipinski definition) is 3. The Hall–Kier alpha value is -0.380.